The van der Waals surface area contributed by atoms with Crippen LogP contribution in [0.1, 0.15) is 0 Å². The first-order valence-corrected chi connectivity index (χ1v) is 7.99. The molecule has 0 fully saturated rings. The van der Waals surface area contributed by atoms with Crippen LogP contribution in [0.3, 0.4) is 0 Å². The molecule has 102 valence electrons. The van der Waals surface area contributed by atoms with Gasteiger partial charge in [0.2, 0.25) is 0 Å². The smallest absolute Gasteiger partial charge is 0.265 e. The lowest BCUT2D eigenvalue weighted by Crippen LogP contribution is -2.15. The molecule has 0 aliphatic heterocycles. The lowest BCUT2D eigenvalue weighted by Gasteiger charge is -2.09. The van der Waals surface area contributed by atoms with E-state index in [4.69, 9.17) is 5.73 Å². The monoisotopic (exact) mass is 306 g/mol. The number of fused-ring (bicyclic) bond motifs is 1. The molecule has 1 aromatic carbocycles. The Bertz CT molecular complexity index is 874. The summed E-state index contributed by atoms with van der Waals surface area (Å²) in [4.78, 5) is 7.88. The Morgan fingerprint density at radius 1 is 1.20 bits per heavy atom. The standard InChI is InChI=1S/C12H10N4O2S2/c13-12-11(2-1-5-14-12)20(17,18)16-8-3-4-9-10(6-8)19-7-15-9/h1-7,16H,(H2,13,14). The van der Waals surface area contributed by atoms with E-state index in [0.717, 1.165) is 10.2 Å². The van der Waals surface area contributed by atoms with Gasteiger partial charge in [0.05, 0.1) is 21.4 Å². The highest BCUT2D eigenvalue weighted by atomic mass is 32.2. The normalized spacial score (nSPS) is 11.6. The summed E-state index contributed by atoms with van der Waals surface area (Å²) in [6.45, 7) is 0. The highest BCUT2D eigenvalue weighted by Gasteiger charge is 2.18. The van der Waals surface area contributed by atoms with Crippen molar-refractivity contribution in [2.45, 2.75) is 4.90 Å². The number of aromatic nitrogens is 2. The van der Waals surface area contributed by atoms with E-state index in [2.05, 4.69) is 14.7 Å². The van der Waals surface area contributed by atoms with Crippen LogP contribution >= 0.6 is 11.3 Å². The average molecular weight is 306 g/mol. The van der Waals surface area contributed by atoms with E-state index in [9.17, 15) is 8.42 Å². The average Bonchev–Trinajstić information content (AvgIpc) is 2.86. The highest BCUT2D eigenvalue weighted by molar-refractivity contribution is 7.92. The molecule has 0 radical (unpaired) electrons. The van der Waals surface area contributed by atoms with Gasteiger partial charge in [0.15, 0.2) is 0 Å². The van der Waals surface area contributed by atoms with Crippen LogP contribution in [-0.4, -0.2) is 18.4 Å². The van der Waals surface area contributed by atoms with Crippen molar-refractivity contribution >= 4 is 43.1 Å². The molecule has 3 rings (SSSR count). The van der Waals surface area contributed by atoms with Crippen LogP contribution in [0.2, 0.25) is 0 Å². The summed E-state index contributed by atoms with van der Waals surface area (Å²) < 4.78 is 27.9. The molecule has 0 atom stereocenters. The van der Waals surface area contributed by atoms with Crippen LogP contribution in [0.15, 0.2) is 46.9 Å². The molecule has 8 heteroatoms. The van der Waals surface area contributed by atoms with Gasteiger partial charge >= 0.3 is 0 Å². The number of rotatable bonds is 3. The second-order valence-electron chi connectivity index (χ2n) is 4.03. The second-order valence-corrected chi connectivity index (χ2v) is 6.56. The number of hydrogen-bond acceptors (Lipinski definition) is 6. The van der Waals surface area contributed by atoms with Gasteiger partial charge in [-0.2, -0.15) is 0 Å². The van der Waals surface area contributed by atoms with Gasteiger partial charge < -0.3 is 5.73 Å². The van der Waals surface area contributed by atoms with Gasteiger partial charge in [0, 0.05) is 6.20 Å². The highest BCUT2D eigenvalue weighted by Crippen LogP contribution is 2.24. The summed E-state index contributed by atoms with van der Waals surface area (Å²) in [6.07, 6.45) is 1.44. The number of sulfonamides is 1. The Morgan fingerprint density at radius 3 is 2.85 bits per heavy atom. The summed E-state index contributed by atoms with van der Waals surface area (Å²) in [5.41, 5.74) is 8.60. The summed E-state index contributed by atoms with van der Waals surface area (Å²) >= 11 is 1.44. The molecule has 0 amide bonds. The Kier molecular flexibility index (Phi) is 3.03. The Labute approximate surface area is 119 Å². The summed E-state index contributed by atoms with van der Waals surface area (Å²) in [6, 6.07) is 8.09. The summed E-state index contributed by atoms with van der Waals surface area (Å²) in [5, 5.41) is 0. The molecule has 0 aliphatic carbocycles. The molecule has 0 bridgehead atoms. The topological polar surface area (TPSA) is 98.0 Å². The van der Waals surface area contributed by atoms with Gasteiger partial charge in [-0.3, -0.25) is 4.72 Å². The summed E-state index contributed by atoms with van der Waals surface area (Å²) in [5.74, 6) is -0.0288. The quantitative estimate of drug-likeness (QED) is 0.772. The fourth-order valence-corrected chi connectivity index (χ4v) is 3.61. The predicted octanol–water partition coefficient (Wildman–Crippen LogP) is 2.07. The molecule has 6 nitrogen and oxygen atoms in total. The number of benzene rings is 1. The van der Waals surface area contributed by atoms with E-state index in [1.807, 2.05) is 0 Å². The van der Waals surface area contributed by atoms with Crippen LogP contribution in [-0.2, 0) is 10.0 Å². The minimum atomic E-state index is -3.75. The Hall–Kier alpha value is -2.19. The Balaban J connectivity index is 1.99. The van der Waals surface area contributed by atoms with E-state index in [-0.39, 0.29) is 10.7 Å². The van der Waals surface area contributed by atoms with Crippen LogP contribution < -0.4 is 10.5 Å². The maximum absolute atomic E-state index is 12.3. The SMILES string of the molecule is Nc1ncccc1S(=O)(=O)Nc1ccc2ncsc2c1. The number of hydrogen-bond donors (Lipinski definition) is 2. The van der Waals surface area contributed by atoms with E-state index in [1.54, 1.807) is 23.7 Å². The zero-order chi connectivity index (χ0) is 14.2. The van der Waals surface area contributed by atoms with Gasteiger partial charge in [-0.05, 0) is 30.3 Å². The maximum Gasteiger partial charge on any atom is 0.265 e. The minimum absolute atomic E-state index is 0.0288. The zero-order valence-corrected chi connectivity index (χ0v) is 11.8. The number of nitrogens with two attached hydrogens (primary N) is 1. The van der Waals surface area contributed by atoms with Crippen molar-refractivity contribution in [3.63, 3.8) is 0 Å². The van der Waals surface area contributed by atoms with Crippen molar-refractivity contribution in [1.82, 2.24) is 9.97 Å². The van der Waals surface area contributed by atoms with E-state index < -0.39 is 10.0 Å². The van der Waals surface area contributed by atoms with Gasteiger partial charge in [0.25, 0.3) is 10.0 Å². The predicted molar refractivity (Wildman–Crippen MR) is 79.1 cm³/mol. The number of nitrogens with zero attached hydrogens (tertiary/aromatic N) is 2. The lowest BCUT2D eigenvalue weighted by molar-refractivity contribution is 0.601. The first-order valence-electron chi connectivity index (χ1n) is 5.63. The van der Waals surface area contributed by atoms with Crippen LogP contribution in [0.5, 0.6) is 0 Å². The molecule has 3 N–H and O–H groups in total. The molecule has 2 aromatic heterocycles. The van der Waals surface area contributed by atoms with Crippen LogP contribution in [0.4, 0.5) is 11.5 Å². The zero-order valence-electron chi connectivity index (χ0n) is 10.1. The van der Waals surface area contributed by atoms with Crippen molar-refractivity contribution in [1.29, 1.82) is 0 Å². The number of thiazole rings is 1. The van der Waals surface area contributed by atoms with Crippen molar-refractivity contribution < 1.29 is 8.42 Å². The summed E-state index contributed by atoms with van der Waals surface area (Å²) in [7, 11) is -3.75. The molecular weight excluding hydrogens is 296 g/mol. The van der Waals surface area contributed by atoms with Gasteiger partial charge in [0.1, 0.15) is 10.7 Å². The maximum atomic E-state index is 12.3. The number of nitrogens with one attached hydrogen (secondary N) is 1. The molecule has 0 aliphatic rings. The number of anilines is 2. The van der Waals surface area contributed by atoms with Crippen molar-refractivity contribution in [3.8, 4) is 0 Å². The van der Waals surface area contributed by atoms with Gasteiger partial charge in [-0.1, -0.05) is 0 Å². The minimum Gasteiger partial charge on any atom is -0.383 e. The molecular formula is C12H10N4O2S2. The van der Waals surface area contributed by atoms with Crippen molar-refractivity contribution in [2.75, 3.05) is 10.5 Å². The van der Waals surface area contributed by atoms with E-state index >= 15 is 0 Å². The lowest BCUT2D eigenvalue weighted by atomic mass is 10.3. The molecule has 3 aromatic rings. The molecule has 2 heterocycles. The van der Waals surface area contributed by atoms with E-state index in [1.165, 1.54) is 29.7 Å². The first-order chi connectivity index (χ1) is 9.56. The molecule has 0 spiro atoms. The molecule has 0 saturated carbocycles. The largest absolute Gasteiger partial charge is 0.383 e. The van der Waals surface area contributed by atoms with E-state index in [0.29, 0.717) is 5.69 Å². The van der Waals surface area contributed by atoms with Crippen LogP contribution in [0.25, 0.3) is 10.2 Å². The number of pyridine rings is 1. The fraction of sp³-hybridized carbons (Fsp3) is 0. The van der Waals surface area contributed by atoms with Crippen molar-refractivity contribution in [3.05, 3.63) is 42.0 Å². The van der Waals surface area contributed by atoms with Crippen LogP contribution in [0, 0.1) is 0 Å². The van der Waals surface area contributed by atoms with Crippen molar-refractivity contribution in [2.24, 2.45) is 0 Å². The van der Waals surface area contributed by atoms with Gasteiger partial charge in [-0.25, -0.2) is 18.4 Å². The third-order valence-electron chi connectivity index (χ3n) is 2.67. The third kappa shape index (κ3) is 2.30. The second kappa shape index (κ2) is 4.73. The third-order valence-corrected chi connectivity index (χ3v) is 4.89. The number of nitrogen functional groups attached to an aromatic ring is 1. The Morgan fingerprint density at radius 2 is 2.05 bits per heavy atom. The molecule has 0 saturated heterocycles. The first kappa shape index (κ1) is 12.8. The van der Waals surface area contributed by atoms with Gasteiger partial charge in [-0.15, -0.1) is 11.3 Å². The fourth-order valence-electron chi connectivity index (χ4n) is 1.76. The molecule has 20 heavy (non-hydrogen) atoms. The molecule has 0 unspecified atom stereocenters.